The van der Waals surface area contributed by atoms with Crippen molar-refractivity contribution in [1.82, 2.24) is 0 Å². The van der Waals surface area contributed by atoms with Crippen molar-refractivity contribution in [2.75, 3.05) is 6.61 Å². The molecule has 13 nitrogen and oxygen atoms in total. The molecule has 5 unspecified atom stereocenters. The van der Waals surface area contributed by atoms with Crippen LogP contribution in [0.2, 0.25) is 0 Å². The van der Waals surface area contributed by atoms with Crippen LogP contribution in [0.3, 0.4) is 0 Å². The van der Waals surface area contributed by atoms with Crippen molar-refractivity contribution in [1.29, 1.82) is 0 Å². The first-order chi connectivity index (χ1) is 11.4. The maximum Gasteiger partial charge on any atom is 0.341 e. The molecular weight excluding hydrogens is 352 g/mol. The van der Waals surface area contributed by atoms with Crippen LogP contribution in [-0.2, 0) is 14.3 Å². The minimum Gasteiger partial charge on any atom is -0.479 e. The number of hydrogen-bond acceptors (Lipinski definition) is 11. The summed E-state index contributed by atoms with van der Waals surface area (Å²) in [5, 5.41) is 95.0. The van der Waals surface area contributed by atoms with E-state index in [2.05, 4.69) is 0 Å². The first kappa shape index (κ1) is 21.6. The van der Waals surface area contributed by atoms with Gasteiger partial charge in [0.15, 0.2) is 6.10 Å². The summed E-state index contributed by atoms with van der Waals surface area (Å²) in [6.07, 6.45) is -18.7. The van der Waals surface area contributed by atoms with Gasteiger partial charge in [0.25, 0.3) is 0 Å². The Bertz CT molecular complexity index is 495. The molecule has 0 radical (unpaired) electrons. The largest absolute Gasteiger partial charge is 0.479 e. The number of ether oxygens (including phenoxy) is 1. The van der Waals surface area contributed by atoms with Gasteiger partial charge < -0.3 is 55.8 Å². The molecule has 0 saturated carbocycles. The van der Waals surface area contributed by atoms with E-state index in [4.69, 9.17) is 14.9 Å². The maximum atomic E-state index is 11.4. The highest BCUT2D eigenvalue weighted by molar-refractivity contribution is 5.80. The van der Waals surface area contributed by atoms with Gasteiger partial charge in [-0.15, -0.1) is 0 Å². The van der Waals surface area contributed by atoms with E-state index in [0.717, 1.165) is 0 Å². The zero-order valence-corrected chi connectivity index (χ0v) is 12.5. The molecule has 10 N–H and O–H groups in total. The zero-order valence-electron chi connectivity index (χ0n) is 12.5. The monoisotopic (exact) mass is 372 g/mol. The molecule has 9 atom stereocenters. The molecular formula is C12H20O13. The molecule has 0 amide bonds. The molecule has 0 aromatic rings. The smallest absolute Gasteiger partial charge is 0.341 e. The number of rotatable bonds is 7. The molecule has 1 aliphatic rings. The summed E-state index contributed by atoms with van der Waals surface area (Å²) in [6, 6.07) is 0. The fraction of sp³-hybridized carbons (Fsp3) is 0.833. The van der Waals surface area contributed by atoms with Crippen LogP contribution in [0.15, 0.2) is 0 Å². The van der Waals surface area contributed by atoms with Crippen LogP contribution in [0.5, 0.6) is 0 Å². The Morgan fingerprint density at radius 3 is 1.92 bits per heavy atom. The van der Waals surface area contributed by atoms with Crippen LogP contribution in [0.1, 0.15) is 0 Å². The summed E-state index contributed by atoms with van der Waals surface area (Å²) in [7, 11) is 0. The van der Waals surface area contributed by atoms with E-state index in [0.29, 0.717) is 0 Å². The maximum absolute atomic E-state index is 11.4. The topological polar surface area (TPSA) is 246 Å². The van der Waals surface area contributed by atoms with Crippen molar-refractivity contribution in [3.63, 3.8) is 0 Å². The second kappa shape index (κ2) is 7.86. The van der Waals surface area contributed by atoms with E-state index in [-0.39, 0.29) is 0 Å². The number of hydrogen-bond donors (Lipinski definition) is 10. The number of carboxylic acids is 2. The number of carbonyl (C=O) groups is 2. The van der Waals surface area contributed by atoms with Crippen molar-refractivity contribution < 1.29 is 65.4 Å². The van der Waals surface area contributed by atoms with E-state index in [9.17, 15) is 50.4 Å². The summed E-state index contributed by atoms with van der Waals surface area (Å²) in [4.78, 5) is 22.1. The highest BCUT2D eigenvalue weighted by atomic mass is 16.6. The fourth-order valence-corrected chi connectivity index (χ4v) is 2.46. The van der Waals surface area contributed by atoms with Gasteiger partial charge in [0, 0.05) is 0 Å². The fourth-order valence-electron chi connectivity index (χ4n) is 2.46. The Hall–Kier alpha value is -1.42. The second-order valence-corrected chi connectivity index (χ2v) is 5.60. The molecule has 146 valence electrons. The Labute approximate surface area is 139 Å². The van der Waals surface area contributed by atoms with E-state index in [1.165, 1.54) is 0 Å². The Balaban J connectivity index is 3.27. The zero-order chi connectivity index (χ0) is 19.7. The third kappa shape index (κ3) is 3.74. The normalized spacial score (nSPS) is 36.1. The number of carboxylic acid groups (broad SMARTS) is 2. The minimum absolute atomic E-state index is 0.979. The van der Waals surface area contributed by atoms with E-state index < -0.39 is 73.0 Å². The molecule has 0 spiro atoms. The molecule has 0 bridgehead atoms. The van der Waals surface area contributed by atoms with Gasteiger partial charge in [0.1, 0.15) is 42.7 Å². The lowest BCUT2D eigenvalue weighted by molar-refractivity contribution is -0.290. The Morgan fingerprint density at radius 2 is 1.52 bits per heavy atom. The van der Waals surface area contributed by atoms with Gasteiger partial charge in [0.05, 0.1) is 6.61 Å². The summed E-state index contributed by atoms with van der Waals surface area (Å²) < 4.78 is 4.83. The Morgan fingerprint density at radius 1 is 1.00 bits per heavy atom. The summed E-state index contributed by atoms with van der Waals surface area (Å²) >= 11 is 0. The average Bonchev–Trinajstić information content (AvgIpc) is 2.56. The van der Waals surface area contributed by atoms with E-state index >= 15 is 0 Å². The molecule has 0 aromatic heterocycles. The predicted octanol–water partition coefficient (Wildman–Crippen LogP) is -6.19. The van der Waals surface area contributed by atoms with Gasteiger partial charge in [-0.05, 0) is 0 Å². The second-order valence-electron chi connectivity index (χ2n) is 5.60. The summed E-state index contributed by atoms with van der Waals surface area (Å²) in [6.45, 7) is -0.979. The number of aliphatic hydroxyl groups is 8. The van der Waals surface area contributed by atoms with Gasteiger partial charge >= 0.3 is 11.9 Å². The van der Waals surface area contributed by atoms with Gasteiger partial charge in [-0.1, -0.05) is 0 Å². The van der Waals surface area contributed by atoms with Gasteiger partial charge in [0.2, 0.25) is 5.60 Å². The summed E-state index contributed by atoms with van der Waals surface area (Å²) in [5.41, 5.74) is -3.62. The van der Waals surface area contributed by atoms with E-state index in [1.54, 1.807) is 0 Å². The lowest BCUT2D eigenvalue weighted by Crippen LogP contribution is -2.72. The molecule has 1 fully saturated rings. The Kier molecular flexibility index (Phi) is 6.80. The lowest BCUT2D eigenvalue weighted by atomic mass is 9.79. The highest BCUT2D eigenvalue weighted by Crippen LogP contribution is 2.32. The van der Waals surface area contributed by atoms with Crippen molar-refractivity contribution in [3.05, 3.63) is 0 Å². The molecule has 0 aromatic carbocycles. The quantitative estimate of drug-likeness (QED) is 0.200. The third-order valence-electron chi connectivity index (χ3n) is 4.02. The predicted molar refractivity (Wildman–Crippen MR) is 72.0 cm³/mol. The van der Waals surface area contributed by atoms with Crippen LogP contribution in [0, 0.1) is 0 Å². The first-order valence-electron chi connectivity index (χ1n) is 6.94. The summed E-state index contributed by atoms with van der Waals surface area (Å²) in [5.74, 6) is -4.35. The third-order valence-corrected chi connectivity index (χ3v) is 4.02. The highest BCUT2D eigenvalue weighted by Gasteiger charge is 2.61. The standard InChI is InChI=1S/C12H20O13/c13-1-2-3(14)4(15)6(17)9(25-2)12(24,11(22)23)8(19)5(16)7(18)10(20)21/h2-9,13-19,24H,1H2,(H,20,21)(H,22,23)/t2-,3+,4+,5?,6-,7?,8?,9?,12?/m1/s1. The van der Waals surface area contributed by atoms with E-state index in [1.807, 2.05) is 0 Å². The lowest BCUT2D eigenvalue weighted by Gasteiger charge is -2.47. The van der Waals surface area contributed by atoms with Crippen LogP contribution in [0.4, 0.5) is 0 Å². The van der Waals surface area contributed by atoms with Crippen LogP contribution < -0.4 is 0 Å². The van der Waals surface area contributed by atoms with Gasteiger partial charge in [-0.2, -0.15) is 0 Å². The molecule has 0 aliphatic carbocycles. The number of aliphatic carboxylic acids is 2. The van der Waals surface area contributed by atoms with Crippen molar-refractivity contribution in [2.45, 2.75) is 54.4 Å². The molecule has 25 heavy (non-hydrogen) atoms. The average molecular weight is 372 g/mol. The van der Waals surface area contributed by atoms with Crippen LogP contribution >= 0.6 is 0 Å². The number of aliphatic hydroxyl groups excluding tert-OH is 7. The van der Waals surface area contributed by atoms with Crippen molar-refractivity contribution in [3.8, 4) is 0 Å². The first-order valence-corrected chi connectivity index (χ1v) is 6.94. The minimum atomic E-state index is -3.62. The molecule has 1 saturated heterocycles. The van der Waals surface area contributed by atoms with Crippen molar-refractivity contribution in [2.24, 2.45) is 0 Å². The molecule has 1 rings (SSSR count). The van der Waals surface area contributed by atoms with Gasteiger partial charge in [-0.3, -0.25) is 0 Å². The van der Waals surface area contributed by atoms with Gasteiger partial charge in [-0.25, -0.2) is 9.59 Å². The molecule has 1 heterocycles. The molecule has 13 heteroatoms. The van der Waals surface area contributed by atoms with Crippen LogP contribution in [0.25, 0.3) is 0 Å². The van der Waals surface area contributed by atoms with Crippen LogP contribution in [-0.4, -0.2) is 124 Å². The molecule has 1 aliphatic heterocycles. The SMILES string of the molecule is O=C(O)C(O)C(O)C(O)C(O)(C(=O)O)C1O[C@H](CO)[C@H](O)[C@H](O)[C@H]1O. The van der Waals surface area contributed by atoms with Crippen molar-refractivity contribution >= 4 is 11.9 Å².